The van der Waals surface area contributed by atoms with Gasteiger partial charge in [-0.1, -0.05) is 29.8 Å². The number of carbonyl (C=O) groups is 2. The van der Waals surface area contributed by atoms with Crippen molar-refractivity contribution >= 4 is 44.5 Å². The Morgan fingerprint density at radius 2 is 1.86 bits per heavy atom. The van der Waals surface area contributed by atoms with Crippen molar-refractivity contribution in [2.75, 3.05) is 0 Å². The molecule has 8 nitrogen and oxygen atoms in total. The predicted molar refractivity (Wildman–Crippen MR) is 102 cm³/mol. The molecule has 3 rings (SSSR count). The number of aromatic nitrogens is 1. The number of hydrogen-bond acceptors (Lipinski definition) is 4. The minimum Gasteiger partial charge on any atom is -0.480 e. The average molecular weight is 423 g/mol. The second kappa shape index (κ2) is 7.63. The first-order valence-electron chi connectivity index (χ1n) is 8.02. The zero-order valence-corrected chi connectivity index (χ0v) is 15.8. The number of aromatic amines is 1. The molecule has 2 aromatic carbocycles. The first kappa shape index (κ1) is 19.9. The molecule has 146 valence electrons. The molecule has 0 aliphatic rings. The standard InChI is InChI=1S/C18H15ClN2O6S/c19-13-6-5-10(17(22)23)8-16(13)28(26,27)21-15(18(24)25)7-11-9-20-14-4-2-1-3-12(11)14/h1-6,8-9,15,20-21H,7H2,(H,22,23)(H,24,25)/t15-/m0/s1. The smallest absolute Gasteiger partial charge is 0.335 e. The molecule has 0 aliphatic carbocycles. The summed E-state index contributed by atoms with van der Waals surface area (Å²) in [6.07, 6.45) is 1.50. The van der Waals surface area contributed by atoms with Crippen LogP contribution < -0.4 is 4.72 Å². The molecule has 0 spiro atoms. The quantitative estimate of drug-likeness (QED) is 0.461. The molecule has 10 heteroatoms. The second-order valence-corrected chi connectivity index (χ2v) is 8.12. The first-order chi connectivity index (χ1) is 13.2. The number of aromatic carboxylic acids is 1. The summed E-state index contributed by atoms with van der Waals surface area (Å²) in [6, 6.07) is 8.91. The van der Waals surface area contributed by atoms with Gasteiger partial charge < -0.3 is 15.2 Å². The van der Waals surface area contributed by atoms with Crippen LogP contribution in [0.5, 0.6) is 0 Å². The summed E-state index contributed by atoms with van der Waals surface area (Å²) in [5, 5.41) is 19.1. The van der Waals surface area contributed by atoms with Crippen LogP contribution in [0.1, 0.15) is 15.9 Å². The summed E-state index contributed by atoms with van der Waals surface area (Å²) in [6.45, 7) is 0. The van der Waals surface area contributed by atoms with Gasteiger partial charge in [0.25, 0.3) is 0 Å². The molecule has 4 N–H and O–H groups in total. The van der Waals surface area contributed by atoms with Crippen LogP contribution in [0, 0.1) is 0 Å². The Kier molecular flexibility index (Phi) is 5.41. The van der Waals surface area contributed by atoms with Gasteiger partial charge in [-0.3, -0.25) is 4.79 Å². The molecule has 1 heterocycles. The maximum absolute atomic E-state index is 12.7. The molecule has 0 aliphatic heterocycles. The van der Waals surface area contributed by atoms with Gasteiger partial charge in [0.2, 0.25) is 10.0 Å². The number of halogens is 1. The largest absolute Gasteiger partial charge is 0.480 e. The maximum Gasteiger partial charge on any atom is 0.335 e. The van der Waals surface area contributed by atoms with E-state index in [-0.39, 0.29) is 17.0 Å². The monoisotopic (exact) mass is 422 g/mol. The number of hydrogen-bond donors (Lipinski definition) is 4. The highest BCUT2D eigenvalue weighted by atomic mass is 35.5. The molecule has 28 heavy (non-hydrogen) atoms. The van der Waals surface area contributed by atoms with E-state index in [2.05, 4.69) is 9.71 Å². The molecule has 0 fully saturated rings. The lowest BCUT2D eigenvalue weighted by atomic mass is 10.1. The maximum atomic E-state index is 12.7. The number of carboxylic acid groups (broad SMARTS) is 2. The molecule has 0 bridgehead atoms. The Hall–Kier alpha value is -2.88. The number of nitrogens with one attached hydrogen (secondary N) is 2. The van der Waals surface area contributed by atoms with Crippen LogP contribution in [0.3, 0.4) is 0 Å². The zero-order valence-electron chi connectivity index (χ0n) is 14.2. The van der Waals surface area contributed by atoms with E-state index in [1.807, 2.05) is 12.1 Å². The third kappa shape index (κ3) is 4.01. The third-order valence-electron chi connectivity index (χ3n) is 4.16. The fourth-order valence-corrected chi connectivity index (χ4v) is 4.51. The van der Waals surface area contributed by atoms with Crippen molar-refractivity contribution in [3.8, 4) is 0 Å². The Bertz CT molecular complexity index is 1170. The molecule has 0 saturated carbocycles. The van der Waals surface area contributed by atoms with Crippen molar-refractivity contribution in [3.05, 3.63) is 64.8 Å². The molecular weight excluding hydrogens is 408 g/mol. The highest BCUT2D eigenvalue weighted by Crippen LogP contribution is 2.24. The Labute approximate surface area is 164 Å². The Morgan fingerprint density at radius 1 is 1.14 bits per heavy atom. The summed E-state index contributed by atoms with van der Waals surface area (Å²) in [5.41, 5.74) is 1.13. The zero-order chi connectivity index (χ0) is 20.5. The van der Waals surface area contributed by atoms with Crippen LogP contribution in [0.15, 0.2) is 53.6 Å². The first-order valence-corrected chi connectivity index (χ1v) is 9.88. The Balaban J connectivity index is 1.93. The van der Waals surface area contributed by atoms with E-state index in [1.54, 1.807) is 18.3 Å². The number of rotatable bonds is 7. The van der Waals surface area contributed by atoms with E-state index >= 15 is 0 Å². The lowest BCUT2D eigenvalue weighted by Gasteiger charge is -2.15. The van der Waals surface area contributed by atoms with Crippen molar-refractivity contribution in [1.82, 2.24) is 9.71 Å². The van der Waals surface area contributed by atoms with Crippen LogP contribution in [0.4, 0.5) is 0 Å². The summed E-state index contributed by atoms with van der Waals surface area (Å²) < 4.78 is 27.5. The van der Waals surface area contributed by atoms with Crippen LogP contribution in [-0.2, 0) is 21.2 Å². The van der Waals surface area contributed by atoms with Crippen molar-refractivity contribution in [2.45, 2.75) is 17.4 Å². The van der Waals surface area contributed by atoms with E-state index in [9.17, 15) is 23.1 Å². The SMILES string of the molecule is O=C(O)c1ccc(Cl)c(S(=O)(=O)N[C@@H](Cc2c[nH]c3ccccc23)C(=O)O)c1. The number of fused-ring (bicyclic) bond motifs is 1. The molecule has 0 amide bonds. The number of H-pyrrole nitrogens is 1. The fraction of sp³-hybridized carbons (Fsp3) is 0.111. The van der Waals surface area contributed by atoms with Gasteiger partial charge in [0.05, 0.1) is 10.6 Å². The summed E-state index contributed by atoms with van der Waals surface area (Å²) in [5.74, 6) is -2.71. The molecule has 1 atom stereocenters. The minimum atomic E-state index is -4.38. The van der Waals surface area contributed by atoms with Crippen LogP contribution in [0.2, 0.25) is 5.02 Å². The van der Waals surface area contributed by atoms with Gasteiger partial charge in [-0.15, -0.1) is 0 Å². The van der Waals surface area contributed by atoms with Gasteiger partial charge in [-0.25, -0.2) is 13.2 Å². The van der Waals surface area contributed by atoms with E-state index in [0.29, 0.717) is 5.56 Å². The Morgan fingerprint density at radius 3 is 2.54 bits per heavy atom. The van der Waals surface area contributed by atoms with E-state index in [1.165, 1.54) is 0 Å². The highest BCUT2D eigenvalue weighted by molar-refractivity contribution is 7.89. The lowest BCUT2D eigenvalue weighted by molar-refractivity contribution is -0.138. The number of sulfonamides is 1. The van der Waals surface area contributed by atoms with Gasteiger partial charge in [0.15, 0.2) is 0 Å². The lowest BCUT2D eigenvalue weighted by Crippen LogP contribution is -2.42. The van der Waals surface area contributed by atoms with E-state index in [0.717, 1.165) is 29.1 Å². The fourth-order valence-electron chi connectivity index (χ4n) is 2.79. The average Bonchev–Trinajstić information content (AvgIpc) is 3.04. The summed E-state index contributed by atoms with van der Waals surface area (Å²) >= 11 is 5.90. The van der Waals surface area contributed by atoms with Gasteiger partial charge >= 0.3 is 11.9 Å². The van der Waals surface area contributed by atoms with Gasteiger partial charge in [-0.2, -0.15) is 4.72 Å². The third-order valence-corrected chi connectivity index (χ3v) is 6.12. The second-order valence-electron chi connectivity index (χ2n) is 6.03. The van der Waals surface area contributed by atoms with Crippen molar-refractivity contribution in [1.29, 1.82) is 0 Å². The molecule has 0 radical (unpaired) electrons. The summed E-state index contributed by atoms with van der Waals surface area (Å²) in [7, 11) is -4.38. The number of para-hydroxylation sites is 1. The van der Waals surface area contributed by atoms with Crippen molar-refractivity contribution in [3.63, 3.8) is 0 Å². The molecule has 0 unspecified atom stereocenters. The van der Waals surface area contributed by atoms with Crippen LogP contribution in [-0.4, -0.2) is 41.6 Å². The normalized spacial score (nSPS) is 12.8. The molecular formula is C18H15ClN2O6S. The van der Waals surface area contributed by atoms with Crippen molar-refractivity contribution < 1.29 is 28.2 Å². The van der Waals surface area contributed by atoms with Gasteiger partial charge in [-0.05, 0) is 29.8 Å². The van der Waals surface area contributed by atoms with Gasteiger partial charge in [0.1, 0.15) is 10.9 Å². The molecule has 0 saturated heterocycles. The molecule has 1 aromatic heterocycles. The number of carboxylic acids is 2. The van der Waals surface area contributed by atoms with Gasteiger partial charge in [0, 0.05) is 23.5 Å². The minimum absolute atomic E-state index is 0.116. The highest BCUT2D eigenvalue weighted by Gasteiger charge is 2.28. The van der Waals surface area contributed by atoms with Crippen LogP contribution in [0.25, 0.3) is 10.9 Å². The van der Waals surface area contributed by atoms with E-state index < -0.39 is 32.9 Å². The number of aliphatic carboxylic acids is 1. The van der Waals surface area contributed by atoms with Crippen molar-refractivity contribution in [2.24, 2.45) is 0 Å². The topological polar surface area (TPSA) is 137 Å². The predicted octanol–water partition coefficient (Wildman–Crippen LogP) is 2.49. The van der Waals surface area contributed by atoms with Crippen LogP contribution >= 0.6 is 11.6 Å². The summed E-state index contributed by atoms with van der Waals surface area (Å²) in [4.78, 5) is 25.3. The van der Waals surface area contributed by atoms with E-state index in [4.69, 9.17) is 16.7 Å². The number of benzene rings is 2. The molecule has 3 aromatic rings.